The summed E-state index contributed by atoms with van der Waals surface area (Å²) in [7, 11) is 1.45. The monoisotopic (exact) mass is 374 g/mol. The number of fused-ring (bicyclic) bond motifs is 1. The van der Waals surface area contributed by atoms with Crippen molar-refractivity contribution in [2.45, 2.75) is 0 Å². The number of benzene rings is 2. The van der Waals surface area contributed by atoms with E-state index < -0.39 is 5.97 Å². The highest BCUT2D eigenvalue weighted by Crippen LogP contribution is 2.29. The lowest BCUT2D eigenvalue weighted by atomic mass is 10.1. The Morgan fingerprint density at radius 3 is 2.71 bits per heavy atom. The fourth-order valence-electron chi connectivity index (χ4n) is 2.59. The molecule has 0 fully saturated rings. The van der Waals surface area contributed by atoms with Crippen molar-refractivity contribution in [2.24, 2.45) is 0 Å². The third-order valence-electron chi connectivity index (χ3n) is 3.89. The largest absolute Gasteiger partial charge is 0.493 e. The Balaban J connectivity index is 1.87. The molecule has 6 nitrogen and oxygen atoms in total. The summed E-state index contributed by atoms with van der Waals surface area (Å²) >= 11 is 0. The zero-order valence-corrected chi connectivity index (χ0v) is 15.2. The van der Waals surface area contributed by atoms with E-state index in [4.69, 9.17) is 9.47 Å². The summed E-state index contributed by atoms with van der Waals surface area (Å²) in [6, 6.07) is 13.9. The molecule has 0 aliphatic heterocycles. The van der Waals surface area contributed by atoms with Crippen molar-refractivity contribution in [3.63, 3.8) is 0 Å². The lowest BCUT2D eigenvalue weighted by Gasteiger charge is -2.11. The second kappa shape index (κ2) is 8.64. The SMILES string of the molecule is C=C/C=C/C(=O)Oc1cc(C(=O)Nc2cccc3cccnc23)ccc1OC. The fourth-order valence-corrected chi connectivity index (χ4v) is 2.59. The van der Waals surface area contributed by atoms with Gasteiger partial charge >= 0.3 is 5.97 Å². The number of anilines is 1. The van der Waals surface area contributed by atoms with Crippen LogP contribution in [0.15, 0.2) is 79.5 Å². The summed E-state index contributed by atoms with van der Waals surface area (Å²) in [5, 5.41) is 3.76. The molecule has 0 radical (unpaired) electrons. The molecule has 1 N–H and O–H groups in total. The first-order valence-corrected chi connectivity index (χ1v) is 8.46. The third-order valence-corrected chi connectivity index (χ3v) is 3.89. The minimum absolute atomic E-state index is 0.143. The molecule has 28 heavy (non-hydrogen) atoms. The van der Waals surface area contributed by atoms with E-state index in [2.05, 4.69) is 16.9 Å². The number of allylic oxidation sites excluding steroid dienone is 2. The van der Waals surface area contributed by atoms with Gasteiger partial charge in [-0.1, -0.05) is 36.9 Å². The van der Waals surface area contributed by atoms with Gasteiger partial charge in [0.2, 0.25) is 0 Å². The van der Waals surface area contributed by atoms with Crippen molar-refractivity contribution >= 4 is 28.5 Å². The van der Waals surface area contributed by atoms with Gasteiger partial charge in [-0.25, -0.2) is 4.79 Å². The molecule has 0 spiro atoms. The second-order valence-corrected chi connectivity index (χ2v) is 5.72. The topological polar surface area (TPSA) is 77.5 Å². The van der Waals surface area contributed by atoms with Crippen LogP contribution in [0.5, 0.6) is 11.5 Å². The molecule has 2 aromatic carbocycles. The van der Waals surface area contributed by atoms with Gasteiger partial charge in [-0.15, -0.1) is 0 Å². The van der Waals surface area contributed by atoms with Gasteiger partial charge in [0.15, 0.2) is 11.5 Å². The Morgan fingerprint density at radius 1 is 1.11 bits per heavy atom. The van der Waals surface area contributed by atoms with Gasteiger partial charge in [0.1, 0.15) is 0 Å². The predicted octanol–water partition coefficient (Wildman–Crippen LogP) is 4.14. The molecule has 1 heterocycles. The molecule has 0 aliphatic carbocycles. The number of hydrogen-bond acceptors (Lipinski definition) is 5. The predicted molar refractivity (Wildman–Crippen MR) is 108 cm³/mol. The van der Waals surface area contributed by atoms with Crippen LogP contribution in [0.25, 0.3) is 10.9 Å². The lowest BCUT2D eigenvalue weighted by molar-refractivity contribution is -0.129. The van der Waals surface area contributed by atoms with Crippen LogP contribution in [0.3, 0.4) is 0 Å². The molecule has 3 rings (SSSR count). The van der Waals surface area contributed by atoms with E-state index in [1.165, 1.54) is 31.4 Å². The van der Waals surface area contributed by atoms with E-state index in [-0.39, 0.29) is 11.7 Å². The van der Waals surface area contributed by atoms with Gasteiger partial charge in [0.25, 0.3) is 5.91 Å². The van der Waals surface area contributed by atoms with Crippen LogP contribution in [0.2, 0.25) is 0 Å². The summed E-state index contributed by atoms with van der Waals surface area (Å²) in [5.74, 6) is -0.484. The Labute approximate surface area is 162 Å². The molecule has 1 amide bonds. The first-order valence-electron chi connectivity index (χ1n) is 8.46. The molecular formula is C22H18N2O4. The molecule has 6 heteroatoms. The molecule has 1 aromatic heterocycles. The molecular weight excluding hydrogens is 356 g/mol. The standard InChI is InChI=1S/C22H18N2O4/c1-3-4-10-20(25)28-19-14-16(11-12-18(19)27-2)22(26)24-17-9-5-7-15-8-6-13-23-21(15)17/h3-14H,1H2,2H3,(H,24,26)/b10-4+. The van der Waals surface area contributed by atoms with Gasteiger partial charge in [-0.2, -0.15) is 0 Å². The number of amides is 1. The van der Waals surface area contributed by atoms with Gasteiger partial charge in [0.05, 0.1) is 18.3 Å². The zero-order chi connectivity index (χ0) is 19.9. The molecule has 0 bridgehead atoms. The number of carbonyl (C=O) groups is 2. The van der Waals surface area contributed by atoms with Crippen molar-refractivity contribution in [2.75, 3.05) is 12.4 Å². The lowest BCUT2D eigenvalue weighted by Crippen LogP contribution is -2.13. The summed E-state index contributed by atoms with van der Waals surface area (Å²) in [6.45, 7) is 3.49. The van der Waals surface area contributed by atoms with Crippen molar-refractivity contribution in [3.05, 3.63) is 85.1 Å². The van der Waals surface area contributed by atoms with Crippen molar-refractivity contribution < 1.29 is 19.1 Å². The highest BCUT2D eigenvalue weighted by molar-refractivity contribution is 6.08. The molecule has 140 valence electrons. The van der Waals surface area contributed by atoms with Crippen LogP contribution >= 0.6 is 0 Å². The van der Waals surface area contributed by atoms with Gasteiger partial charge < -0.3 is 14.8 Å². The number of hydrogen-bond donors (Lipinski definition) is 1. The number of methoxy groups -OCH3 is 1. The number of ether oxygens (including phenoxy) is 2. The van der Waals surface area contributed by atoms with E-state index in [0.29, 0.717) is 22.5 Å². The highest BCUT2D eigenvalue weighted by Gasteiger charge is 2.14. The number of rotatable bonds is 6. The molecule has 3 aromatic rings. The Bertz CT molecular complexity index is 1070. The van der Waals surface area contributed by atoms with Crippen molar-refractivity contribution in [1.29, 1.82) is 0 Å². The summed E-state index contributed by atoms with van der Waals surface area (Å²) in [4.78, 5) is 28.9. The first kappa shape index (κ1) is 18.8. The van der Waals surface area contributed by atoms with E-state index in [1.54, 1.807) is 24.4 Å². The van der Waals surface area contributed by atoms with E-state index in [9.17, 15) is 9.59 Å². The molecule has 0 saturated heterocycles. The summed E-state index contributed by atoms with van der Waals surface area (Å²) in [6.07, 6.45) is 5.81. The Morgan fingerprint density at radius 2 is 1.93 bits per heavy atom. The average molecular weight is 374 g/mol. The third kappa shape index (κ3) is 4.24. The van der Waals surface area contributed by atoms with Gasteiger partial charge in [-0.3, -0.25) is 9.78 Å². The van der Waals surface area contributed by atoms with Crippen LogP contribution < -0.4 is 14.8 Å². The Hall–Kier alpha value is -3.93. The van der Waals surface area contributed by atoms with Crippen LogP contribution in [-0.2, 0) is 4.79 Å². The number of para-hydroxylation sites is 1. The normalized spacial score (nSPS) is 10.6. The minimum Gasteiger partial charge on any atom is -0.493 e. The molecule has 0 atom stereocenters. The quantitative estimate of drug-likeness (QED) is 0.304. The Kier molecular flexibility index (Phi) is 5.81. The highest BCUT2D eigenvalue weighted by atomic mass is 16.6. The number of aromatic nitrogens is 1. The van der Waals surface area contributed by atoms with Crippen LogP contribution in [0.4, 0.5) is 5.69 Å². The van der Waals surface area contributed by atoms with Crippen LogP contribution in [0.1, 0.15) is 10.4 Å². The number of carbonyl (C=O) groups excluding carboxylic acids is 2. The van der Waals surface area contributed by atoms with Crippen molar-refractivity contribution in [3.8, 4) is 11.5 Å². The van der Waals surface area contributed by atoms with E-state index in [1.807, 2.05) is 24.3 Å². The zero-order valence-electron chi connectivity index (χ0n) is 15.2. The minimum atomic E-state index is -0.603. The maximum absolute atomic E-state index is 12.7. The first-order chi connectivity index (χ1) is 13.6. The van der Waals surface area contributed by atoms with E-state index in [0.717, 1.165) is 5.39 Å². The second-order valence-electron chi connectivity index (χ2n) is 5.72. The maximum atomic E-state index is 12.7. The van der Waals surface area contributed by atoms with Crippen LogP contribution in [-0.4, -0.2) is 24.0 Å². The number of esters is 1. The molecule has 0 aliphatic rings. The number of pyridine rings is 1. The maximum Gasteiger partial charge on any atom is 0.336 e. The molecule has 0 saturated carbocycles. The van der Waals surface area contributed by atoms with Crippen molar-refractivity contribution in [1.82, 2.24) is 4.98 Å². The van der Waals surface area contributed by atoms with E-state index >= 15 is 0 Å². The molecule has 0 unspecified atom stereocenters. The summed E-state index contributed by atoms with van der Waals surface area (Å²) in [5.41, 5.74) is 1.59. The fraction of sp³-hybridized carbons (Fsp3) is 0.0455. The van der Waals surface area contributed by atoms with Gasteiger partial charge in [0, 0.05) is 23.2 Å². The summed E-state index contributed by atoms with van der Waals surface area (Å²) < 4.78 is 10.5. The van der Waals surface area contributed by atoms with Crippen LogP contribution in [0, 0.1) is 0 Å². The number of nitrogens with one attached hydrogen (secondary N) is 1. The smallest absolute Gasteiger partial charge is 0.336 e. The average Bonchev–Trinajstić information content (AvgIpc) is 2.72. The number of nitrogens with zero attached hydrogens (tertiary/aromatic N) is 1. The van der Waals surface area contributed by atoms with Gasteiger partial charge in [-0.05, 0) is 30.3 Å².